The number of halogens is 1. The number of ketones is 2. The normalized spacial score (nSPS) is 24.7. The molecule has 7 nitrogen and oxygen atoms in total. The third kappa shape index (κ3) is 5.07. The Bertz CT molecular complexity index is 1170. The third-order valence-corrected chi connectivity index (χ3v) is 9.40. The average Bonchev–Trinajstić information content (AvgIpc) is 2.87. The molecular formula is C30H38FN3O4. The van der Waals surface area contributed by atoms with E-state index in [-0.39, 0.29) is 35.3 Å². The monoisotopic (exact) mass is 523 g/mol. The zero-order chi connectivity index (χ0) is 27.2. The summed E-state index contributed by atoms with van der Waals surface area (Å²) in [6.07, 6.45) is 7.49. The Labute approximate surface area is 223 Å². The summed E-state index contributed by atoms with van der Waals surface area (Å²) >= 11 is 0. The minimum absolute atomic E-state index is 0.0368. The van der Waals surface area contributed by atoms with Crippen molar-refractivity contribution in [3.63, 3.8) is 0 Å². The zero-order valence-electron chi connectivity index (χ0n) is 22.5. The number of amides is 2. The van der Waals surface area contributed by atoms with Gasteiger partial charge in [0, 0.05) is 55.3 Å². The Kier molecular flexibility index (Phi) is 7.29. The minimum atomic E-state index is -0.876. The maximum Gasteiger partial charge on any atom is 0.234 e. The number of carbonyl (C=O) groups is 4. The molecular weight excluding hydrogens is 485 g/mol. The lowest BCUT2D eigenvalue weighted by Gasteiger charge is -2.57. The maximum absolute atomic E-state index is 15.4. The Morgan fingerprint density at radius 2 is 1.68 bits per heavy atom. The van der Waals surface area contributed by atoms with E-state index in [1.807, 2.05) is 4.90 Å². The number of rotatable bonds is 6. The molecule has 1 saturated carbocycles. The second-order valence-corrected chi connectivity index (χ2v) is 12.1. The predicted molar refractivity (Wildman–Crippen MR) is 143 cm³/mol. The van der Waals surface area contributed by atoms with E-state index in [2.05, 4.69) is 23.7 Å². The summed E-state index contributed by atoms with van der Waals surface area (Å²) in [5.74, 6) is -2.57. The number of anilines is 1. The summed E-state index contributed by atoms with van der Waals surface area (Å²) in [5, 5.41) is 2.21. The van der Waals surface area contributed by atoms with E-state index in [4.69, 9.17) is 0 Å². The van der Waals surface area contributed by atoms with E-state index in [0.717, 1.165) is 24.8 Å². The fraction of sp³-hybridized carbons (Fsp3) is 0.600. The molecule has 204 valence electrons. The first-order valence-corrected chi connectivity index (χ1v) is 14.0. The van der Waals surface area contributed by atoms with Gasteiger partial charge in [0.05, 0.1) is 11.6 Å². The molecule has 8 heteroatoms. The van der Waals surface area contributed by atoms with E-state index in [9.17, 15) is 19.2 Å². The molecule has 1 aromatic rings. The summed E-state index contributed by atoms with van der Waals surface area (Å²) in [7, 11) is 0. The van der Waals surface area contributed by atoms with Gasteiger partial charge in [0.15, 0.2) is 11.6 Å². The van der Waals surface area contributed by atoms with Crippen LogP contribution in [0, 0.1) is 23.1 Å². The standard InChI is InChI=1S/C30H38FN3O4/c1-18-6-10-30(11-7-18)16-34(17-30)21-8-12-33(13-9-21)26-15-23(20(3)35)24(14-25(26)31)28(37)19(2)22-4-5-27(36)32-29(22)38/h14-15,18,21-22H,2,4-13,16-17H2,1,3H3,(H,32,36,38). The van der Waals surface area contributed by atoms with Crippen molar-refractivity contribution in [2.45, 2.75) is 71.3 Å². The molecule has 1 atom stereocenters. The lowest BCUT2D eigenvalue weighted by molar-refractivity contribution is -0.135. The Morgan fingerprint density at radius 3 is 2.29 bits per heavy atom. The molecule has 1 N–H and O–H groups in total. The lowest BCUT2D eigenvalue weighted by atomic mass is 9.65. The molecule has 0 aromatic heterocycles. The highest BCUT2D eigenvalue weighted by atomic mass is 19.1. The van der Waals surface area contributed by atoms with Crippen molar-refractivity contribution in [1.82, 2.24) is 10.2 Å². The average molecular weight is 524 g/mol. The number of hydrogen-bond acceptors (Lipinski definition) is 6. The molecule has 4 aliphatic rings. The number of benzene rings is 1. The lowest BCUT2D eigenvalue weighted by Crippen LogP contribution is -2.62. The van der Waals surface area contributed by atoms with Crippen LogP contribution in [0.4, 0.5) is 10.1 Å². The molecule has 0 bridgehead atoms. The van der Waals surface area contributed by atoms with Gasteiger partial charge >= 0.3 is 0 Å². The van der Waals surface area contributed by atoms with Crippen molar-refractivity contribution in [2.24, 2.45) is 17.3 Å². The van der Waals surface area contributed by atoms with Crippen LogP contribution in [0.25, 0.3) is 0 Å². The number of hydrogen-bond donors (Lipinski definition) is 1. The van der Waals surface area contributed by atoms with E-state index in [1.165, 1.54) is 51.8 Å². The first-order chi connectivity index (χ1) is 18.1. The largest absolute Gasteiger partial charge is 0.369 e. The minimum Gasteiger partial charge on any atom is -0.369 e. The Balaban J connectivity index is 1.25. The van der Waals surface area contributed by atoms with E-state index < -0.39 is 29.3 Å². The number of nitrogens with zero attached hydrogens (tertiary/aromatic N) is 2. The van der Waals surface area contributed by atoms with E-state index >= 15 is 4.39 Å². The highest BCUT2D eigenvalue weighted by molar-refractivity contribution is 6.18. The van der Waals surface area contributed by atoms with Crippen LogP contribution in [0.3, 0.4) is 0 Å². The van der Waals surface area contributed by atoms with Crippen molar-refractivity contribution in [1.29, 1.82) is 0 Å². The number of carbonyl (C=O) groups excluding carboxylic acids is 4. The van der Waals surface area contributed by atoms with Gasteiger partial charge in [-0.3, -0.25) is 29.4 Å². The number of imide groups is 1. The topological polar surface area (TPSA) is 86.8 Å². The second kappa shape index (κ2) is 10.4. The van der Waals surface area contributed by atoms with Gasteiger partial charge in [-0.25, -0.2) is 4.39 Å². The zero-order valence-corrected chi connectivity index (χ0v) is 22.5. The SMILES string of the molecule is C=C(C(=O)c1cc(F)c(N2CCC(N3CC4(CCC(C)CC4)C3)CC2)cc1C(C)=O)C1CCC(=O)NC1=O. The second-order valence-electron chi connectivity index (χ2n) is 12.1. The third-order valence-electron chi connectivity index (χ3n) is 9.40. The molecule has 1 unspecified atom stereocenters. The maximum atomic E-state index is 15.4. The van der Waals surface area contributed by atoms with Crippen molar-refractivity contribution < 1.29 is 23.6 Å². The van der Waals surface area contributed by atoms with Crippen LogP contribution >= 0.6 is 0 Å². The van der Waals surface area contributed by atoms with Gasteiger partial charge in [-0.15, -0.1) is 0 Å². The van der Waals surface area contributed by atoms with E-state index in [1.54, 1.807) is 0 Å². The van der Waals surface area contributed by atoms with Gasteiger partial charge in [0.25, 0.3) is 0 Å². The van der Waals surface area contributed by atoms with Crippen LogP contribution in [-0.2, 0) is 9.59 Å². The van der Waals surface area contributed by atoms with Crippen molar-refractivity contribution in [3.05, 3.63) is 41.2 Å². The van der Waals surface area contributed by atoms with Crippen molar-refractivity contribution in [3.8, 4) is 0 Å². The van der Waals surface area contributed by atoms with E-state index in [0.29, 0.717) is 30.2 Å². The van der Waals surface area contributed by atoms with Crippen molar-refractivity contribution in [2.75, 3.05) is 31.1 Å². The van der Waals surface area contributed by atoms with Crippen LogP contribution in [-0.4, -0.2) is 60.5 Å². The van der Waals surface area contributed by atoms with Crippen molar-refractivity contribution >= 4 is 29.1 Å². The van der Waals surface area contributed by atoms with Crippen LogP contribution in [0.5, 0.6) is 0 Å². The molecule has 1 aliphatic carbocycles. The summed E-state index contributed by atoms with van der Waals surface area (Å²) in [6.45, 7) is 11.2. The van der Waals surface area contributed by atoms with Gasteiger partial charge in [0.1, 0.15) is 5.82 Å². The number of likely N-dealkylation sites (tertiary alicyclic amines) is 1. The smallest absolute Gasteiger partial charge is 0.234 e. The fourth-order valence-corrected chi connectivity index (χ4v) is 6.88. The first-order valence-electron chi connectivity index (χ1n) is 14.0. The Morgan fingerprint density at radius 1 is 1.03 bits per heavy atom. The summed E-state index contributed by atoms with van der Waals surface area (Å²) < 4.78 is 15.4. The molecule has 3 saturated heterocycles. The summed E-state index contributed by atoms with van der Waals surface area (Å²) in [6, 6.07) is 3.09. The van der Waals surface area contributed by atoms with Gasteiger partial charge in [-0.2, -0.15) is 0 Å². The quantitative estimate of drug-likeness (QED) is 0.340. The molecule has 3 heterocycles. The first kappa shape index (κ1) is 26.7. The number of Topliss-reactive ketones (excluding diaryl/α,β-unsaturated/α-hetero) is 2. The molecule has 4 fully saturated rings. The predicted octanol–water partition coefficient (Wildman–Crippen LogP) is 4.30. The molecule has 0 radical (unpaired) electrons. The van der Waals surface area contributed by atoms with Gasteiger partial charge in [0.2, 0.25) is 11.8 Å². The van der Waals surface area contributed by atoms with Crippen LogP contribution in [0.1, 0.15) is 85.9 Å². The molecule has 1 aromatic carbocycles. The number of piperidine rings is 2. The van der Waals surface area contributed by atoms with Crippen LogP contribution in [0.2, 0.25) is 0 Å². The number of nitrogens with one attached hydrogen (secondary N) is 1. The van der Waals surface area contributed by atoms with Gasteiger partial charge in [-0.05, 0) is 62.5 Å². The molecule has 5 rings (SSSR count). The molecule has 1 spiro atoms. The highest BCUT2D eigenvalue weighted by Gasteiger charge is 2.47. The van der Waals surface area contributed by atoms with Crippen LogP contribution in [0.15, 0.2) is 24.3 Å². The fourth-order valence-electron chi connectivity index (χ4n) is 6.88. The van der Waals surface area contributed by atoms with Crippen LogP contribution < -0.4 is 10.2 Å². The van der Waals surface area contributed by atoms with Gasteiger partial charge < -0.3 is 4.90 Å². The molecule has 38 heavy (non-hydrogen) atoms. The summed E-state index contributed by atoms with van der Waals surface area (Å²) in [4.78, 5) is 54.0. The molecule has 2 amide bonds. The summed E-state index contributed by atoms with van der Waals surface area (Å²) in [5.41, 5.74) is 0.851. The van der Waals surface area contributed by atoms with Gasteiger partial charge in [-0.1, -0.05) is 26.3 Å². The highest BCUT2D eigenvalue weighted by Crippen LogP contribution is 2.47. The molecule has 3 aliphatic heterocycles. The Hall–Kier alpha value is -2.87.